The first kappa shape index (κ1) is 13.5. The maximum Gasteiger partial charge on any atom is 0.161 e. The van der Waals surface area contributed by atoms with Gasteiger partial charge < -0.3 is 10.1 Å². The fourth-order valence-corrected chi connectivity index (χ4v) is 3.93. The Bertz CT molecular complexity index is 512. The number of rotatable bonds is 1. The Kier molecular flexibility index (Phi) is 3.87. The van der Waals surface area contributed by atoms with Crippen LogP contribution < -0.4 is 5.32 Å². The SMILES string of the molecule is Cc1ccc(NC2=NC3(CCOCC3)CS2)cc1Br. The average molecular weight is 341 g/mol. The summed E-state index contributed by atoms with van der Waals surface area (Å²) in [5.74, 6) is 1.08. The molecule has 19 heavy (non-hydrogen) atoms. The minimum Gasteiger partial charge on any atom is -0.381 e. The fraction of sp³-hybridized carbons (Fsp3) is 0.500. The molecular formula is C14H17BrN2OS. The molecule has 0 aromatic heterocycles. The second-order valence-electron chi connectivity index (χ2n) is 5.13. The summed E-state index contributed by atoms with van der Waals surface area (Å²) in [4.78, 5) is 4.90. The van der Waals surface area contributed by atoms with Gasteiger partial charge in [0.1, 0.15) is 0 Å². The zero-order chi connectivity index (χ0) is 13.3. The quantitative estimate of drug-likeness (QED) is 0.843. The molecule has 0 aliphatic carbocycles. The van der Waals surface area contributed by atoms with E-state index in [-0.39, 0.29) is 5.54 Å². The largest absolute Gasteiger partial charge is 0.381 e. The normalized spacial score (nSPS) is 21.5. The summed E-state index contributed by atoms with van der Waals surface area (Å²) in [6.07, 6.45) is 2.09. The van der Waals surface area contributed by atoms with Crippen molar-refractivity contribution in [2.75, 3.05) is 24.3 Å². The highest BCUT2D eigenvalue weighted by Crippen LogP contribution is 2.36. The first-order chi connectivity index (χ1) is 9.17. The second-order valence-corrected chi connectivity index (χ2v) is 6.95. The summed E-state index contributed by atoms with van der Waals surface area (Å²) in [5.41, 5.74) is 2.45. The second kappa shape index (κ2) is 5.46. The summed E-state index contributed by atoms with van der Waals surface area (Å²) >= 11 is 5.38. The van der Waals surface area contributed by atoms with E-state index in [9.17, 15) is 0 Å². The van der Waals surface area contributed by atoms with Crippen LogP contribution in [-0.2, 0) is 4.74 Å². The number of aliphatic imine (C=N–C) groups is 1. The van der Waals surface area contributed by atoms with Crippen molar-refractivity contribution in [2.24, 2.45) is 4.99 Å². The molecule has 2 heterocycles. The van der Waals surface area contributed by atoms with Crippen LogP contribution in [0.2, 0.25) is 0 Å². The maximum absolute atomic E-state index is 5.43. The monoisotopic (exact) mass is 340 g/mol. The molecule has 3 rings (SSSR count). The third kappa shape index (κ3) is 2.98. The molecule has 0 radical (unpaired) electrons. The van der Waals surface area contributed by atoms with E-state index in [1.165, 1.54) is 5.56 Å². The summed E-state index contributed by atoms with van der Waals surface area (Å²) in [5, 5.41) is 4.46. The van der Waals surface area contributed by atoms with Crippen molar-refractivity contribution >= 4 is 38.5 Å². The number of benzene rings is 1. The number of hydrogen-bond acceptors (Lipinski definition) is 4. The summed E-state index contributed by atoms with van der Waals surface area (Å²) in [6.45, 7) is 3.77. The smallest absolute Gasteiger partial charge is 0.161 e. The molecule has 3 nitrogen and oxygen atoms in total. The lowest BCUT2D eigenvalue weighted by atomic mass is 9.93. The van der Waals surface area contributed by atoms with Crippen molar-refractivity contribution in [3.05, 3.63) is 28.2 Å². The molecule has 2 aliphatic rings. The van der Waals surface area contributed by atoms with Crippen LogP contribution in [-0.4, -0.2) is 29.7 Å². The van der Waals surface area contributed by atoms with Gasteiger partial charge in [-0.25, -0.2) is 0 Å². The molecule has 0 unspecified atom stereocenters. The number of nitrogens with zero attached hydrogens (tertiary/aromatic N) is 1. The Morgan fingerprint density at radius 3 is 2.89 bits per heavy atom. The lowest BCUT2D eigenvalue weighted by Crippen LogP contribution is -2.34. The van der Waals surface area contributed by atoms with Crippen LogP contribution in [0.5, 0.6) is 0 Å². The molecule has 1 aromatic carbocycles. The van der Waals surface area contributed by atoms with Crippen molar-refractivity contribution in [1.29, 1.82) is 0 Å². The number of nitrogens with one attached hydrogen (secondary N) is 1. The van der Waals surface area contributed by atoms with E-state index in [0.717, 1.165) is 47.1 Å². The molecule has 1 fully saturated rings. The van der Waals surface area contributed by atoms with E-state index in [2.05, 4.69) is 46.4 Å². The van der Waals surface area contributed by atoms with Gasteiger partial charge >= 0.3 is 0 Å². The minimum absolute atomic E-state index is 0.118. The van der Waals surface area contributed by atoms with Crippen LogP contribution in [0.15, 0.2) is 27.7 Å². The lowest BCUT2D eigenvalue weighted by Gasteiger charge is -2.29. The van der Waals surface area contributed by atoms with E-state index in [0.29, 0.717) is 0 Å². The Morgan fingerprint density at radius 2 is 2.16 bits per heavy atom. The Morgan fingerprint density at radius 1 is 1.37 bits per heavy atom. The molecule has 1 aromatic rings. The summed E-state index contributed by atoms with van der Waals surface area (Å²) in [7, 11) is 0. The zero-order valence-corrected chi connectivity index (χ0v) is 13.3. The van der Waals surface area contributed by atoms with Gasteiger partial charge in [-0.15, -0.1) is 0 Å². The number of anilines is 1. The molecular weight excluding hydrogens is 324 g/mol. The number of hydrogen-bond donors (Lipinski definition) is 1. The van der Waals surface area contributed by atoms with Gasteiger partial charge in [0, 0.05) is 29.1 Å². The van der Waals surface area contributed by atoms with Crippen molar-refractivity contribution in [3.63, 3.8) is 0 Å². The van der Waals surface area contributed by atoms with Crippen LogP contribution in [0.4, 0.5) is 5.69 Å². The molecule has 5 heteroatoms. The van der Waals surface area contributed by atoms with E-state index >= 15 is 0 Å². The number of halogens is 1. The van der Waals surface area contributed by atoms with Crippen molar-refractivity contribution in [1.82, 2.24) is 0 Å². The number of thioether (sulfide) groups is 1. The minimum atomic E-state index is 0.118. The zero-order valence-electron chi connectivity index (χ0n) is 10.9. The molecule has 1 saturated heterocycles. The van der Waals surface area contributed by atoms with Gasteiger partial charge in [-0.1, -0.05) is 33.8 Å². The predicted molar refractivity (Wildman–Crippen MR) is 85.2 cm³/mol. The van der Waals surface area contributed by atoms with Gasteiger partial charge in [0.15, 0.2) is 5.17 Å². The van der Waals surface area contributed by atoms with Crippen LogP contribution >= 0.6 is 27.7 Å². The highest BCUT2D eigenvalue weighted by atomic mass is 79.9. The lowest BCUT2D eigenvalue weighted by molar-refractivity contribution is 0.0624. The Labute approximate surface area is 126 Å². The summed E-state index contributed by atoms with van der Waals surface area (Å²) in [6, 6.07) is 6.31. The van der Waals surface area contributed by atoms with Crippen molar-refractivity contribution in [2.45, 2.75) is 25.3 Å². The van der Waals surface area contributed by atoms with Crippen molar-refractivity contribution < 1.29 is 4.74 Å². The van der Waals surface area contributed by atoms with Crippen LogP contribution in [0.1, 0.15) is 18.4 Å². The van der Waals surface area contributed by atoms with E-state index in [1.54, 1.807) is 0 Å². The topological polar surface area (TPSA) is 33.6 Å². The first-order valence-electron chi connectivity index (χ1n) is 6.51. The van der Waals surface area contributed by atoms with Crippen LogP contribution in [0.25, 0.3) is 0 Å². The third-order valence-corrected chi connectivity index (χ3v) is 5.67. The third-order valence-electron chi connectivity index (χ3n) is 3.66. The number of ether oxygens (including phenoxy) is 1. The van der Waals surface area contributed by atoms with Gasteiger partial charge in [-0.3, -0.25) is 4.99 Å². The van der Waals surface area contributed by atoms with Gasteiger partial charge in [0.05, 0.1) is 5.54 Å². The van der Waals surface area contributed by atoms with Gasteiger partial charge in [0.25, 0.3) is 0 Å². The van der Waals surface area contributed by atoms with Crippen molar-refractivity contribution in [3.8, 4) is 0 Å². The molecule has 0 bridgehead atoms. The number of amidine groups is 1. The molecule has 0 atom stereocenters. The molecule has 0 amide bonds. The number of aryl methyl sites for hydroxylation is 1. The highest BCUT2D eigenvalue weighted by molar-refractivity contribution is 9.10. The maximum atomic E-state index is 5.43. The molecule has 2 aliphatic heterocycles. The fourth-order valence-electron chi connectivity index (χ4n) is 2.35. The standard InChI is InChI=1S/C14H17BrN2OS/c1-10-2-3-11(8-12(10)15)16-13-17-14(9-19-13)4-6-18-7-5-14/h2-3,8H,4-7,9H2,1H3,(H,16,17). The van der Waals surface area contributed by atoms with E-state index in [1.807, 2.05) is 11.8 Å². The molecule has 1 N–H and O–H groups in total. The molecule has 0 saturated carbocycles. The van der Waals surface area contributed by atoms with Gasteiger partial charge in [0.2, 0.25) is 0 Å². The molecule has 1 spiro atoms. The van der Waals surface area contributed by atoms with Gasteiger partial charge in [-0.05, 0) is 37.5 Å². The van der Waals surface area contributed by atoms with E-state index < -0.39 is 0 Å². The summed E-state index contributed by atoms with van der Waals surface area (Å²) < 4.78 is 6.56. The molecule has 102 valence electrons. The Hall–Kier alpha value is -0.520. The van der Waals surface area contributed by atoms with Crippen LogP contribution in [0.3, 0.4) is 0 Å². The highest BCUT2D eigenvalue weighted by Gasteiger charge is 2.37. The van der Waals surface area contributed by atoms with E-state index in [4.69, 9.17) is 9.73 Å². The van der Waals surface area contributed by atoms with Crippen LogP contribution in [0, 0.1) is 6.92 Å². The Balaban J connectivity index is 1.73. The predicted octanol–water partition coefficient (Wildman–Crippen LogP) is 3.82. The van der Waals surface area contributed by atoms with Gasteiger partial charge in [-0.2, -0.15) is 0 Å². The first-order valence-corrected chi connectivity index (χ1v) is 8.28. The average Bonchev–Trinajstić information content (AvgIpc) is 2.78.